The molecule has 2 aliphatic heterocycles. The lowest BCUT2D eigenvalue weighted by Gasteiger charge is -2.48. The first-order chi connectivity index (χ1) is 15.0. The summed E-state index contributed by atoms with van der Waals surface area (Å²) in [5.74, 6) is 1.77. The van der Waals surface area contributed by atoms with Crippen molar-refractivity contribution in [2.75, 3.05) is 45.0 Å². The maximum Gasteiger partial charge on any atom is 0.211 e. The second-order valence-electron chi connectivity index (χ2n) is 8.55. The molecule has 0 radical (unpaired) electrons. The van der Waals surface area contributed by atoms with Crippen molar-refractivity contribution < 1.29 is 8.42 Å². The minimum Gasteiger partial charge on any atom is -0.357 e. The van der Waals surface area contributed by atoms with E-state index in [1.165, 1.54) is 24.9 Å². The zero-order chi connectivity index (χ0) is 22.1. The maximum absolute atomic E-state index is 11.6. The smallest absolute Gasteiger partial charge is 0.211 e. The summed E-state index contributed by atoms with van der Waals surface area (Å²) in [7, 11) is -3.12. The van der Waals surface area contributed by atoms with Crippen LogP contribution in [0.15, 0.2) is 35.3 Å². The van der Waals surface area contributed by atoms with Crippen LogP contribution in [0, 0.1) is 5.92 Å². The number of benzene rings is 1. The van der Waals surface area contributed by atoms with Gasteiger partial charge in [-0.1, -0.05) is 30.3 Å². The minimum atomic E-state index is -3.12. The van der Waals surface area contributed by atoms with Crippen molar-refractivity contribution in [3.8, 4) is 0 Å². The molecule has 0 saturated carbocycles. The highest BCUT2D eigenvalue weighted by Gasteiger charge is 2.36. The average molecular weight is 578 g/mol. The van der Waals surface area contributed by atoms with Gasteiger partial charge in [-0.15, -0.1) is 24.0 Å². The lowest BCUT2D eigenvalue weighted by molar-refractivity contribution is 0.0372. The summed E-state index contributed by atoms with van der Waals surface area (Å²) in [6.45, 7) is 9.95. The molecule has 2 unspecified atom stereocenters. The first-order valence-corrected chi connectivity index (χ1v) is 13.5. The predicted octanol–water partition coefficient (Wildman–Crippen LogP) is 2.89. The highest BCUT2D eigenvalue weighted by molar-refractivity contribution is 14.0. The number of guanidine groups is 1. The summed E-state index contributed by atoms with van der Waals surface area (Å²) in [5, 5.41) is 3.44. The lowest BCUT2D eigenvalue weighted by Crippen LogP contribution is -2.56. The molecular weight excluding hydrogens is 537 g/mol. The number of halogens is 1. The SMILES string of the molecule is CCNC(=NCCCNS(=O)(=O)CC)N1CCC2C(CCCN2Cc2ccccc2)C1.I. The molecule has 0 aliphatic carbocycles. The quantitative estimate of drug-likeness (QED) is 0.204. The van der Waals surface area contributed by atoms with Gasteiger partial charge in [-0.25, -0.2) is 13.1 Å². The Bertz CT molecular complexity index is 806. The van der Waals surface area contributed by atoms with Gasteiger partial charge in [0.15, 0.2) is 5.96 Å². The summed E-state index contributed by atoms with van der Waals surface area (Å²) >= 11 is 0. The second-order valence-corrected chi connectivity index (χ2v) is 10.6. The van der Waals surface area contributed by atoms with Crippen LogP contribution in [0.5, 0.6) is 0 Å². The first kappa shape index (κ1) is 27.3. The fourth-order valence-corrected chi connectivity index (χ4v) is 5.39. The zero-order valence-corrected chi connectivity index (χ0v) is 22.6. The fourth-order valence-electron chi connectivity index (χ4n) is 4.73. The molecule has 1 aromatic carbocycles. The number of likely N-dealkylation sites (tertiary alicyclic amines) is 2. The molecule has 0 bridgehead atoms. The van der Waals surface area contributed by atoms with Gasteiger partial charge in [0.25, 0.3) is 0 Å². The van der Waals surface area contributed by atoms with Gasteiger partial charge in [-0.2, -0.15) is 0 Å². The number of nitrogens with one attached hydrogen (secondary N) is 2. The van der Waals surface area contributed by atoms with Crippen molar-refractivity contribution in [2.24, 2.45) is 10.9 Å². The van der Waals surface area contributed by atoms with Gasteiger partial charge in [0.2, 0.25) is 10.0 Å². The summed E-state index contributed by atoms with van der Waals surface area (Å²) in [6, 6.07) is 11.5. The molecule has 2 atom stereocenters. The van der Waals surface area contributed by atoms with Gasteiger partial charge in [0.1, 0.15) is 0 Å². The van der Waals surface area contributed by atoms with Gasteiger partial charge in [0, 0.05) is 45.3 Å². The molecule has 2 N–H and O–H groups in total. The Balaban J connectivity index is 0.00000363. The van der Waals surface area contributed by atoms with E-state index in [1.54, 1.807) is 6.92 Å². The first-order valence-electron chi connectivity index (χ1n) is 11.8. The molecule has 0 spiro atoms. The number of piperidine rings is 2. The Kier molecular flexibility index (Phi) is 11.7. The molecule has 2 saturated heterocycles. The summed E-state index contributed by atoms with van der Waals surface area (Å²) in [6.07, 6.45) is 4.41. The van der Waals surface area contributed by atoms with Gasteiger partial charge < -0.3 is 10.2 Å². The monoisotopic (exact) mass is 577 g/mol. The third kappa shape index (κ3) is 8.14. The largest absolute Gasteiger partial charge is 0.357 e. The molecule has 32 heavy (non-hydrogen) atoms. The highest BCUT2D eigenvalue weighted by Crippen LogP contribution is 2.31. The van der Waals surface area contributed by atoms with E-state index < -0.39 is 10.0 Å². The van der Waals surface area contributed by atoms with Crippen molar-refractivity contribution in [3.05, 3.63) is 35.9 Å². The Hall–Kier alpha value is -0.910. The molecule has 1 aromatic rings. The van der Waals surface area contributed by atoms with E-state index in [9.17, 15) is 8.42 Å². The standard InChI is InChI=1S/C23H39N5O2S.HI/c1-3-24-23(25-14-9-15-26-31(29,30)4-2)28-17-13-22-21(19-28)12-8-16-27(22)18-20-10-6-5-7-11-20;/h5-7,10-11,21-22,26H,3-4,8-9,12-19H2,1-2H3,(H,24,25);1H. The van der Waals surface area contributed by atoms with E-state index in [4.69, 9.17) is 4.99 Å². The number of rotatable bonds is 9. The normalized spacial score (nSPS) is 22.2. The lowest BCUT2D eigenvalue weighted by atomic mass is 9.83. The van der Waals surface area contributed by atoms with Gasteiger partial charge in [-0.05, 0) is 57.6 Å². The van der Waals surface area contributed by atoms with Crippen LogP contribution in [0.2, 0.25) is 0 Å². The van der Waals surface area contributed by atoms with E-state index in [-0.39, 0.29) is 29.7 Å². The maximum atomic E-state index is 11.6. The fraction of sp³-hybridized carbons (Fsp3) is 0.696. The number of sulfonamides is 1. The Morgan fingerprint density at radius 2 is 1.94 bits per heavy atom. The summed E-state index contributed by atoms with van der Waals surface area (Å²) in [4.78, 5) is 9.88. The van der Waals surface area contributed by atoms with Crippen LogP contribution in [0.25, 0.3) is 0 Å². The van der Waals surface area contributed by atoms with E-state index in [0.717, 1.165) is 38.6 Å². The third-order valence-electron chi connectivity index (χ3n) is 6.34. The molecule has 7 nitrogen and oxygen atoms in total. The van der Waals surface area contributed by atoms with Gasteiger partial charge >= 0.3 is 0 Å². The number of fused-ring (bicyclic) bond motifs is 1. The van der Waals surface area contributed by atoms with Crippen LogP contribution in [0.1, 0.15) is 45.1 Å². The number of hydrogen-bond donors (Lipinski definition) is 2. The second kappa shape index (κ2) is 13.7. The van der Waals surface area contributed by atoms with E-state index in [2.05, 4.69) is 57.1 Å². The molecule has 2 heterocycles. The van der Waals surface area contributed by atoms with Crippen LogP contribution in [-0.2, 0) is 16.6 Å². The summed E-state index contributed by atoms with van der Waals surface area (Å²) in [5.41, 5.74) is 1.40. The average Bonchev–Trinajstić information content (AvgIpc) is 2.78. The third-order valence-corrected chi connectivity index (χ3v) is 7.75. The van der Waals surface area contributed by atoms with Crippen molar-refractivity contribution >= 4 is 40.0 Å². The van der Waals surface area contributed by atoms with Crippen molar-refractivity contribution in [2.45, 2.75) is 52.1 Å². The van der Waals surface area contributed by atoms with Crippen LogP contribution in [0.4, 0.5) is 0 Å². The van der Waals surface area contributed by atoms with Crippen LogP contribution in [0.3, 0.4) is 0 Å². The molecule has 3 rings (SSSR count). The molecular formula is C23H40IN5O2S. The Labute approximate surface area is 211 Å². The highest BCUT2D eigenvalue weighted by atomic mass is 127. The Morgan fingerprint density at radius 1 is 1.16 bits per heavy atom. The number of nitrogens with zero attached hydrogens (tertiary/aromatic N) is 3. The van der Waals surface area contributed by atoms with Gasteiger partial charge in [-0.3, -0.25) is 9.89 Å². The Morgan fingerprint density at radius 3 is 2.66 bits per heavy atom. The van der Waals surface area contributed by atoms with Crippen molar-refractivity contribution in [1.29, 1.82) is 0 Å². The summed E-state index contributed by atoms with van der Waals surface area (Å²) < 4.78 is 25.7. The molecule has 9 heteroatoms. The van der Waals surface area contributed by atoms with Crippen molar-refractivity contribution in [1.82, 2.24) is 19.8 Å². The molecule has 0 amide bonds. The molecule has 2 fully saturated rings. The van der Waals surface area contributed by atoms with E-state index in [1.807, 2.05) is 0 Å². The molecule has 182 valence electrons. The van der Waals surface area contributed by atoms with Crippen LogP contribution >= 0.6 is 24.0 Å². The topological polar surface area (TPSA) is 77.0 Å². The predicted molar refractivity (Wildman–Crippen MR) is 143 cm³/mol. The van der Waals surface area contributed by atoms with Crippen LogP contribution < -0.4 is 10.0 Å². The van der Waals surface area contributed by atoms with Gasteiger partial charge in [0.05, 0.1) is 5.75 Å². The molecule has 0 aromatic heterocycles. The molecule has 2 aliphatic rings. The zero-order valence-electron chi connectivity index (χ0n) is 19.5. The van der Waals surface area contributed by atoms with Crippen molar-refractivity contribution in [3.63, 3.8) is 0 Å². The van der Waals surface area contributed by atoms with Crippen LogP contribution in [-0.4, -0.2) is 75.2 Å². The minimum absolute atomic E-state index is 0. The van der Waals surface area contributed by atoms with E-state index >= 15 is 0 Å². The number of hydrogen-bond acceptors (Lipinski definition) is 4. The number of aliphatic imine (C=N–C) groups is 1. The van der Waals surface area contributed by atoms with E-state index in [0.29, 0.717) is 31.5 Å².